The van der Waals surface area contributed by atoms with Gasteiger partial charge in [0, 0.05) is 37.2 Å². The number of benzene rings is 1. The van der Waals surface area contributed by atoms with Crippen molar-refractivity contribution < 1.29 is 4.74 Å². The smallest absolute Gasteiger partial charge is 0.137 e. The lowest BCUT2D eigenvalue weighted by molar-refractivity contribution is 0.145. The molecule has 1 saturated heterocycles. The molecule has 1 aliphatic rings. The zero-order valence-corrected chi connectivity index (χ0v) is 13.6. The molecule has 0 bridgehead atoms. The SMILES string of the molecule is CN1CCN(CCCOc2ccc(Br)cc2Cl)CC1. The third-order valence-corrected chi connectivity index (χ3v) is 4.15. The molecular formula is C14H20BrClN2O. The monoisotopic (exact) mass is 346 g/mol. The van der Waals surface area contributed by atoms with E-state index in [1.807, 2.05) is 18.2 Å². The summed E-state index contributed by atoms with van der Waals surface area (Å²) >= 11 is 9.49. The van der Waals surface area contributed by atoms with Gasteiger partial charge in [-0.2, -0.15) is 0 Å². The molecule has 5 heteroatoms. The molecule has 19 heavy (non-hydrogen) atoms. The molecule has 0 aromatic heterocycles. The first-order valence-electron chi connectivity index (χ1n) is 6.64. The van der Waals surface area contributed by atoms with Gasteiger partial charge in [-0.25, -0.2) is 0 Å². The zero-order chi connectivity index (χ0) is 13.7. The number of likely N-dealkylation sites (N-methyl/N-ethyl adjacent to an activating group) is 1. The molecule has 106 valence electrons. The molecule has 0 atom stereocenters. The first kappa shape index (κ1) is 15.1. The fourth-order valence-electron chi connectivity index (χ4n) is 2.13. The van der Waals surface area contributed by atoms with E-state index in [0.717, 1.165) is 36.3 Å². The number of hydrogen-bond donors (Lipinski definition) is 0. The van der Waals surface area contributed by atoms with Gasteiger partial charge in [-0.05, 0) is 31.7 Å². The lowest BCUT2D eigenvalue weighted by atomic mass is 10.3. The minimum Gasteiger partial charge on any atom is -0.492 e. The summed E-state index contributed by atoms with van der Waals surface area (Å²) in [6.07, 6.45) is 1.04. The molecule has 0 spiro atoms. The summed E-state index contributed by atoms with van der Waals surface area (Å²) < 4.78 is 6.69. The van der Waals surface area contributed by atoms with Gasteiger partial charge in [0.1, 0.15) is 5.75 Å². The lowest BCUT2D eigenvalue weighted by Crippen LogP contribution is -2.44. The van der Waals surface area contributed by atoms with E-state index in [0.29, 0.717) is 11.6 Å². The minimum absolute atomic E-state index is 0.661. The Morgan fingerprint density at radius 3 is 2.68 bits per heavy atom. The van der Waals surface area contributed by atoms with E-state index in [1.165, 1.54) is 13.1 Å². The van der Waals surface area contributed by atoms with Crippen LogP contribution in [0.15, 0.2) is 22.7 Å². The van der Waals surface area contributed by atoms with E-state index in [4.69, 9.17) is 16.3 Å². The molecule has 1 aliphatic heterocycles. The topological polar surface area (TPSA) is 15.7 Å². The molecule has 0 saturated carbocycles. The molecule has 1 fully saturated rings. The van der Waals surface area contributed by atoms with Crippen molar-refractivity contribution >= 4 is 27.5 Å². The second kappa shape index (κ2) is 7.48. The van der Waals surface area contributed by atoms with Crippen molar-refractivity contribution in [3.8, 4) is 5.75 Å². The highest BCUT2D eigenvalue weighted by molar-refractivity contribution is 9.10. The van der Waals surface area contributed by atoms with Crippen LogP contribution in [-0.4, -0.2) is 56.2 Å². The number of halogens is 2. The first-order chi connectivity index (χ1) is 9.15. The Balaban J connectivity index is 1.66. The average Bonchev–Trinajstić information content (AvgIpc) is 2.39. The van der Waals surface area contributed by atoms with Gasteiger partial charge in [-0.15, -0.1) is 0 Å². The minimum atomic E-state index is 0.661. The van der Waals surface area contributed by atoms with Crippen molar-refractivity contribution in [1.29, 1.82) is 0 Å². The summed E-state index contributed by atoms with van der Waals surface area (Å²) in [5, 5.41) is 0.661. The van der Waals surface area contributed by atoms with Crippen LogP contribution in [0.4, 0.5) is 0 Å². The van der Waals surface area contributed by atoms with E-state index in [-0.39, 0.29) is 0 Å². The fourth-order valence-corrected chi connectivity index (χ4v) is 2.86. The predicted molar refractivity (Wildman–Crippen MR) is 83.2 cm³/mol. The van der Waals surface area contributed by atoms with Crippen LogP contribution in [0.2, 0.25) is 5.02 Å². The Hall–Kier alpha value is -0.290. The average molecular weight is 348 g/mol. The highest BCUT2D eigenvalue weighted by Crippen LogP contribution is 2.27. The Morgan fingerprint density at radius 1 is 1.26 bits per heavy atom. The molecule has 0 amide bonds. The van der Waals surface area contributed by atoms with E-state index < -0.39 is 0 Å². The van der Waals surface area contributed by atoms with Gasteiger partial charge in [0.15, 0.2) is 0 Å². The van der Waals surface area contributed by atoms with E-state index in [1.54, 1.807) is 0 Å². The molecular weight excluding hydrogens is 328 g/mol. The van der Waals surface area contributed by atoms with E-state index in [9.17, 15) is 0 Å². The van der Waals surface area contributed by atoms with Gasteiger partial charge >= 0.3 is 0 Å². The molecule has 1 heterocycles. The van der Waals surface area contributed by atoms with Gasteiger partial charge < -0.3 is 14.5 Å². The molecule has 0 radical (unpaired) electrons. The van der Waals surface area contributed by atoms with Gasteiger partial charge in [0.2, 0.25) is 0 Å². The second-order valence-corrected chi connectivity index (χ2v) is 6.24. The number of ether oxygens (including phenoxy) is 1. The number of rotatable bonds is 5. The maximum absolute atomic E-state index is 6.10. The van der Waals surface area contributed by atoms with Crippen molar-refractivity contribution in [2.45, 2.75) is 6.42 Å². The quantitative estimate of drug-likeness (QED) is 0.761. The molecule has 2 rings (SSSR count). The van der Waals surface area contributed by atoms with Crippen LogP contribution >= 0.6 is 27.5 Å². The van der Waals surface area contributed by atoms with Crippen LogP contribution in [0.25, 0.3) is 0 Å². The molecule has 0 aliphatic carbocycles. The third-order valence-electron chi connectivity index (χ3n) is 3.37. The Morgan fingerprint density at radius 2 is 2.00 bits per heavy atom. The van der Waals surface area contributed by atoms with Crippen molar-refractivity contribution in [3.05, 3.63) is 27.7 Å². The van der Waals surface area contributed by atoms with Crippen LogP contribution in [0.5, 0.6) is 5.75 Å². The normalized spacial score (nSPS) is 17.6. The molecule has 3 nitrogen and oxygen atoms in total. The molecule has 1 aromatic carbocycles. The van der Waals surface area contributed by atoms with E-state index in [2.05, 4.69) is 32.8 Å². The number of piperazine rings is 1. The highest BCUT2D eigenvalue weighted by Gasteiger charge is 2.12. The number of nitrogens with zero attached hydrogens (tertiary/aromatic N) is 2. The number of hydrogen-bond acceptors (Lipinski definition) is 3. The summed E-state index contributed by atoms with van der Waals surface area (Å²) in [5.74, 6) is 0.767. The van der Waals surface area contributed by atoms with Gasteiger partial charge in [0.05, 0.1) is 11.6 Å². The highest BCUT2D eigenvalue weighted by atomic mass is 79.9. The van der Waals surface area contributed by atoms with Gasteiger partial charge in [-0.3, -0.25) is 0 Å². The van der Waals surface area contributed by atoms with Crippen LogP contribution in [0, 0.1) is 0 Å². The molecule has 0 unspecified atom stereocenters. The van der Waals surface area contributed by atoms with Gasteiger partial charge in [-0.1, -0.05) is 27.5 Å². The van der Waals surface area contributed by atoms with Crippen molar-refractivity contribution in [1.82, 2.24) is 9.80 Å². The first-order valence-corrected chi connectivity index (χ1v) is 7.81. The van der Waals surface area contributed by atoms with Crippen molar-refractivity contribution in [3.63, 3.8) is 0 Å². The lowest BCUT2D eigenvalue weighted by Gasteiger charge is -2.32. The third kappa shape index (κ3) is 4.95. The summed E-state index contributed by atoms with van der Waals surface area (Å²) in [6, 6.07) is 5.71. The zero-order valence-electron chi connectivity index (χ0n) is 11.2. The van der Waals surface area contributed by atoms with Crippen LogP contribution < -0.4 is 4.74 Å². The summed E-state index contributed by atoms with van der Waals surface area (Å²) in [4.78, 5) is 4.86. The Labute approximate surface area is 128 Å². The van der Waals surface area contributed by atoms with Crippen LogP contribution in [-0.2, 0) is 0 Å². The summed E-state index contributed by atoms with van der Waals surface area (Å²) in [5.41, 5.74) is 0. The van der Waals surface area contributed by atoms with Crippen molar-refractivity contribution in [2.24, 2.45) is 0 Å². The fraction of sp³-hybridized carbons (Fsp3) is 0.571. The molecule has 0 N–H and O–H groups in total. The van der Waals surface area contributed by atoms with Gasteiger partial charge in [0.25, 0.3) is 0 Å². The predicted octanol–water partition coefficient (Wildman–Crippen LogP) is 3.12. The Kier molecular flexibility index (Phi) is 5.95. The van der Waals surface area contributed by atoms with E-state index >= 15 is 0 Å². The molecule has 1 aromatic rings. The summed E-state index contributed by atoms with van der Waals surface area (Å²) in [6.45, 7) is 6.47. The maximum Gasteiger partial charge on any atom is 0.137 e. The van der Waals surface area contributed by atoms with Crippen LogP contribution in [0.1, 0.15) is 6.42 Å². The maximum atomic E-state index is 6.10. The Bertz CT molecular complexity index is 408. The largest absolute Gasteiger partial charge is 0.492 e. The summed E-state index contributed by atoms with van der Waals surface area (Å²) in [7, 11) is 2.18. The van der Waals surface area contributed by atoms with Crippen molar-refractivity contribution in [2.75, 3.05) is 46.4 Å². The second-order valence-electron chi connectivity index (χ2n) is 4.92. The van der Waals surface area contributed by atoms with Crippen LogP contribution in [0.3, 0.4) is 0 Å². The standard InChI is InChI=1S/C14H20BrClN2O/c1-17-6-8-18(9-7-17)5-2-10-19-14-4-3-12(15)11-13(14)16/h3-4,11H,2,5-10H2,1H3.